The quantitative estimate of drug-likeness (QED) is 0.360. The number of anilines is 2. The zero-order valence-corrected chi connectivity index (χ0v) is 7.82. The van der Waals surface area contributed by atoms with E-state index in [2.05, 4.69) is 25.8 Å². The number of aromatic nitrogens is 3. The third kappa shape index (κ3) is 2.68. The van der Waals surface area contributed by atoms with Crippen molar-refractivity contribution in [3.05, 3.63) is 0 Å². The van der Waals surface area contributed by atoms with Crippen molar-refractivity contribution in [2.24, 2.45) is 11.7 Å². The highest BCUT2D eigenvalue weighted by Crippen LogP contribution is 2.09. The number of hydrogen-bond donors (Lipinski definition) is 4. The van der Waals surface area contributed by atoms with Crippen LogP contribution in [-0.4, -0.2) is 21.6 Å². The SMILES string of the molecule is CCCOc1nc(NN)nc(NN)n1. The van der Waals surface area contributed by atoms with Crippen LogP contribution in [0.1, 0.15) is 13.3 Å². The van der Waals surface area contributed by atoms with E-state index in [-0.39, 0.29) is 17.9 Å². The van der Waals surface area contributed by atoms with Gasteiger partial charge in [0.25, 0.3) is 0 Å². The van der Waals surface area contributed by atoms with Gasteiger partial charge in [-0.15, -0.1) is 0 Å². The van der Waals surface area contributed by atoms with E-state index in [0.29, 0.717) is 6.61 Å². The first kappa shape index (κ1) is 10.4. The van der Waals surface area contributed by atoms with E-state index in [1.54, 1.807) is 0 Å². The van der Waals surface area contributed by atoms with Crippen molar-refractivity contribution >= 4 is 11.9 Å². The van der Waals surface area contributed by atoms with Gasteiger partial charge in [-0.25, -0.2) is 11.7 Å². The predicted molar refractivity (Wildman–Crippen MR) is 51.2 cm³/mol. The Labute approximate surface area is 81.0 Å². The van der Waals surface area contributed by atoms with Crippen molar-refractivity contribution in [2.45, 2.75) is 13.3 Å². The lowest BCUT2D eigenvalue weighted by atomic mass is 10.5. The molecule has 0 aliphatic carbocycles. The number of nitrogens with two attached hydrogens (primary N) is 2. The van der Waals surface area contributed by atoms with Crippen LogP contribution in [0.15, 0.2) is 0 Å². The Morgan fingerprint density at radius 2 is 1.71 bits per heavy atom. The number of hydrazine groups is 2. The van der Waals surface area contributed by atoms with Gasteiger partial charge in [-0.05, 0) is 6.42 Å². The molecule has 0 spiro atoms. The highest BCUT2D eigenvalue weighted by Gasteiger charge is 2.04. The molecule has 1 aromatic heterocycles. The first-order valence-electron chi connectivity index (χ1n) is 4.12. The smallest absolute Gasteiger partial charge is 0.323 e. The van der Waals surface area contributed by atoms with Crippen LogP contribution in [-0.2, 0) is 0 Å². The van der Waals surface area contributed by atoms with Gasteiger partial charge in [0.2, 0.25) is 11.9 Å². The summed E-state index contributed by atoms with van der Waals surface area (Å²) in [5, 5.41) is 0. The van der Waals surface area contributed by atoms with Crippen molar-refractivity contribution in [1.29, 1.82) is 0 Å². The van der Waals surface area contributed by atoms with E-state index in [9.17, 15) is 0 Å². The van der Waals surface area contributed by atoms with Gasteiger partial charge in [-0.2, -0.15) is 15.0 Å². The second-order valence-electron chi connectivity index (χ2n) is 2.40. The van der Waals surface area contributed by atoms with Gasteiger partial charge in [0.1, 0.15) is 0 Å². The molecule has 0 amide bonds. The lowest BCUT2D eigenvalue weighted by molar-refractivity contribution is 0.292. The molecular formula is C6H13N7O. The second-order valence-corrected chi connectivity index (χ2v) is 2.40. The molecule has 8 heteroatoms. The molecule has 0 aliphatic heterocycles. The van der Waals surface area contributed by atoms with E-state index >= 15 is 0 Å². The fraction of sp³-hybridized carbons (Fsp3) is 0.500. The summed E-state index contributed by atoms with van der Waals surface area (Å²) >= 11 is 0. The van der Waals surface area contributed by atoms with Crippen molar-refractivity contribution in [2.75, 3.05) is 17.5 Å². The Bertz CT molecular complexity index is 269. The Morgan fingerprint density at radius 1 is 1.14 bits per heavy atom. The molecule has 0 unspecified atom stereocenters. The van der Waals surface area contributed by atoms with E-state index in [0.717, 1.165) is 6.42 Å². The third-order valence-corrected chi connectivity index (χ3v) is 1.31. The van der Waals surface area contributed by atoms with Crippen LogP contribution in [0.5, 0.6) is 6.01 Å². The van der Waals surface area contributed by atoms with Crippen LogP contribution < -0.4 is 27.3 Å². The zero-order chi connectivity index (χ0) is 10.4. The molecule has 0 bridgehead atoms. The predicted octanol–water partition coefficient (Wildman–Crippen LogP) is -0.768. The standard InChI is InChI=1S/C6H13N7O/c1-2-3-14-6-10-4(12-7)9-5(11-6)13-8/h2-3,7-8H2,1H3,(H2,9,10,11,12,13). The van der Waals surface area contributed by atoms with Gasteiger partial charge < -0.3 is 4.74 Å². The van der Waals surface area contributed by atoms with Crippen LogP contribution in [0.25, 0.3) is 0 Å². The van der Waals surface area contributed by atoms with Crippen molar-refractivity contribution in [3.8, 4) is 6.01 Å². The molecule has 0 saturated heterocycles. The lowest BCUT2D eigenvalue weighted by Crippen LogP contribution is -2.17. The minimum atomic E-state index is 0.183. The monoisotopic (exact) mass is 199 g/mol. The zero-order valence-electron chi connectivity index (χ0n) is 7.82. The van der Waals surface area contributed by atoms with Gasteiger partial charge in [0.05, 0.1) is 6.61 Å². The molecule has 1 heterocycles. The Kier molecular flexibility index (Phi) is 3.83. The van der Waals surface area contributed by atoms with E-state index in [1.165, 1.54) is 0 Å². The van der Waals surface area contributed by atoms with Crippen LogP contribution in [0.2, 0.25) is 0 Å². The number of nitrogens with one attached hydrogen (secondary N) is 2. The maximum atomic E-state index is 5.19. The first-order valence-corrected chi connectivity index (χ1v) is 4.12. The summed E-state index contributed by atoms with van der Waals surface area (Å²) in [7, 11) is 0. The summed E-state index contributed by atoms with van der Waals surface area (Å²) in [6, 6.07) is 0.183. The summed E-state index contributed by atoms with van der Waals surface area (Å²) < 4.78 is 5.19. The van der Waals surface area contributed by atoms with Crippen LogP contribution >= 0.6 is 0 Å². The Balaban J connectivity index is 2.81. The van der Waals surface area contributed by atoms with Gasteiger partial charge in [0, 0.05) is 0 Å². The van der Waals surface area contributed by atoms with Crippen LogP contribution in [0, 0.1) is 0 Å². The fourth-order valence-corrected chi connectivity index (χ4v) is 0.743. The normalized spacial score (nSPS) is 9.64. The van der Waals surface area contributed by atoms with E-state index < -0.39 is 0 Å². The largest absolute Gasteiger partial charge is 0.463 e. The molecule has 0 fully saturated rings. The third-order valence-electron chi connectivity index (χ3n) is 1.31. The maximum Gasteiger partial charge on any atom is 0.323 e. The van der Waals surface area contributed by atoms with Crippen molar-refractivity contribution < 1.29 is 4.74 Å². The lowest BCUT2D eigenvalue weighted by Gasteiger charge is -2.05. The minimum absolute atomic E-state index is 0.183. The highest BCUT2D eigenvalue weighted by molar-refractivity contribution is 5.33. The Hall–Kier alpha value is -1.67. The molecule has 0 radical (unpaired) electrons. The molecule has 0 atom stereocenters. The summed E-state index contributed by atoms with van der Waals surface area (Å²) in [5.74, 6) is 10.7. The number of ether oxygens (including phenoxy) is 1. The van der Waals surface area contributed by atoms with Gasteiger partial charge in [-0.3, -0.25) is 10.9 Å². The van der Waals surface area contributed by atoms with Gasteiger partial charge in [-0.1, -0.05) is 6.92 Å². The molecule has 0 saturated carbocycles. The molecule has 6 N–H and O–H groups in total. The number of hydrogen-bond acceptors (Lipinski definition) is 8. The molecule has 0 aliphatic rings. The molecular weight excluding hydrogens is 186 g/mol. The highest BCUT2D eigenvalue weighted by atomic mass is 16.5. The summed E-state index contributed by atoms with van der Waals surface area (Å²) in [4.78, 5) is 11.5. The molecule has 1 aromatic rings. The Morgan fingerprint density at radius 3 is 2.14 bits per heavy atom. The van der Waals surface area contributed by atoms with Crippen molar-refractivity contribution in [3.63, 3.8) is 0 Å². The van der Waals surface area contributed by atoms with Crippen LogP contribution in [0.4, 0.5) is 11.9 Å². The fourth-order valence-electron chi connectivity index (χ4n) is 0.743. The second kappa shape index (κ2) is 5.14. The molecule has 14 heavy (non-hydrogen) atoms. The molecule has 0 aromatic carbocycles. The average molecular weight is 199 g/mol. The maximum absolute atomic E-state index is 5.19. The first-order chi connectivity index (χ1) is 6.80. The topological polar surface area (TPSA) is 124 Å². The summed E-state index contributed by atoms with van der Waals surface area (Å²) in [6.45, 7) is 2.50. The number of nitrogen functional groups attached to an aromatic ring is 2. The molecule has 78 valence electrons. The summed E-state index contributed by atoms with van der Waals surface area (Å²) in [5.41, 5.74) is 4.56. The van der Waals surface area contributed by atoms with Crippen molar-refractivity contribution in [1.82, 2.24) is 15.0 Å². The number of nitrogens with zero attached hydrogens (tertiary/aromatic N) is 3. The number of rotatable bonds is 5. The van der Waals surface area contributed by atoms with E-state index in [4.69, 9.17) is 16.4 Å². The average Bonchev–Trinajstić information content (AvgIpc) is 2.25. The molecule has 1 rings (SSSR count). The minimum Gasteiger partial charge on any atom is -0.463 e. The van der Waals surface area contributed by atoms with Crippen LogP contribution in [0.3, 0.4) is 0 Å². The summed E-state index contributed by atoms with van der Waals surface area (Å²) in [6.07, 6.45) is 0.864. The van der Waals surface area contributed by atoms with Gasteiger partial charge >= 0.3 is 6.01 Å². The molecule has 8 nitrogen and oxygen atoms in total. The van der Waals surface area contributed by atoms with Gasteiger partial charge in [0.15, 0.2) is 0 Å². The van der Waals surface area contributed by atoms with E-state index in [1.807, 2.05) is 6.92 Å².